The van der Waals surface area contributed by atoms with Gasteiger partial charge in [0, 0.05) is 16.0 Å². The number of nitrogen functional groups attached to an aromatic ring is 1. The van der Waals surface area contributed by atoms with E-state index >= 15 is 0 Å². The molecule has 38 heavy (non-hydrogen) atoms. The van der Waals surface area contributed by atoms with E-state index in [1.54, 1.807) is 35.6 Å². The van der Waals surface area contributed by atoms with Gasteiger partial charge in [-0.05, 0) is 70.8 Å². The van der Waals surface area contributed by atoms with E-state index in [4.69, 9.17) is 26.3 Å². The van der Waals surface area contributed by atoms with Gasteiger partial charge in [0.1, 0.15) is 5.84 Å². The number of nitriles is 1. The summed E-state index contributed by atoms with van der Waals surface area (Å²) in [5.41, 5.74) is 9.49. The van der Waals surface area contributed by atoms with E-state index in [2.05, 4.69) is 11.4 Å². The quantitative estimate of drug-likeness (QED) is 0.185. The first-order valence-corrected chi connectivity index (χ1v) is 11.9. The molecule has 0 aliphatic rings. The van der Waals surface area contributed by atoms with Crippen LogP contribution in [0, 0.1) is 16.7 Å². The molecule has 0 bridgehead atoms. The number of alkyl halides is 3. The number of carboxylic acids is 1. The van der Waals surface area contributed by atoms with Crippen molar-refractivity contribution in [3.05, 3.63) is 100 Å². The van der Waals surface area contributed by atoms with Gasteiger partial charge in [-0.2, -0.15) is 18.4 Å². The van der Waals surface area contributed by atoms with Crippen LogP contribution in [0.15, 0.2) is 78.2 Å². The number of amides is 1. The molecule has 7 nitrogen and oxygen atoms in total. The van der Waals surface area contributed by atoms with Gasteiger partial charge in [-0.3, -0.25) is 10.2 Å². The molecule has 1 aromatic heterocycles. The lowest BCUT2D eigenvalue weighted by atomic mass is 9.90. The number of hydrogen-bond acceptors (Lipinski definition) is 5. The highest BCUT2D eigenvalue weighted by molar-refractivity contribution is 7.17. The highest BCUT2D eigenvalue weighted by Crippen LogP contribution is 2.35. The molecule has 0 radical (unpaired) electrons. The van der Waals surface area contributed by atoms with E-state index in [1.165, 1.54) is 0 Å². The minimum absolute atomic E-state index is 0.000642. The standard InChI is InChI=1S/C25H20N4OS.C2HF3O2/c26-14-17-6-9-19(10-7-17)29-25(30)21(12-16-4-2-1-3-5-16)22-15-31-23-11-8-18(24(27)28)13-20(22)23;3-2(4,5)1(6)7/h1-11,13,15,21H,12H2,(H3,27,28)(H,29,30);(H,6,7). The molecule has 0 aliphatic heterocycles. The Balaban J connectivity index is 0.000000505. The van der Waals surface area contributed by atoms with Crippen molar-refractivity contribution in [3.63, 3.8) is 0 Å². The van der Waals surface area contributed by atoms with Crippen LogP contribution in [0.5, 0.6) is 0 Å². The molecular weight excluding hydrogens is 517 g/mol. The zero-order chi connectivity index (χ0) is 27.9. The van der Waals surface area contributed by atoms with Gasteiger partial charge in [0.15, 0.2) is 0 Å². The van der Waals surface area contributed by atoms with Crippen molar-refractivity contribution in [2.24, 2.45) is 5.73 Å². The Hall–Kier alpha value is -4.69. The first-order valence-electron chi connectivity index (χ1n) is 11.0. The first-order chi connectivity index (χ1) is 18.0. The van der Waals surface area contributed by atoms with Crippen LogP contribution >= 0.6 is 11.3 Å². The average molecular weight is 539 g/mol. The molecule has 1 amide bonds. The number of nitrogens with zero attached hydrogens (tertiary/aromatic N) is 1. The zero-order valence-corrected chi connectivity index (χ0v) is 20.4. The van der Waals surface area contributed by atoms with E-state index < -0.39 is 18.1 Å². The van der Waals surface area contributed by atoms with Crippen LogP contribution in [0.3, 0.4) is 0 Å². The molecule has 3 aromatic carbocycles. The number of carboxylic acid groups (broad SMARTS) is 1. The third-order valence-electron chi connectivity index (χ3n) is 5.41. The third-order valence-corrected chi connectivity index (χ3v) is 6.39. The Bertz CT molecular complexity index is 1490. The van der Waals surface area contributed by atoms with Crippen molar-refractivity contribution in [2.45, 2.75) is 18.5 Å². The maximum absolute atomic E-state index is 13.4. The van der Waals surface area contributed by atoms with Gasteiger partial charge in [0.25, 0.3) is 0 Å². The minimum atomic E-state index is -5.08. The molecule has 0 aliphatic carbocycles. The van der Waals surface area contributed by atoms with Crippen LogP contribution in [0.1, 0.15) is 28.2 Å². The van der Waals surface area contributed by atoms with E-state index in [1.807, 2.05) is 53.9 Å². The minimum Gasteiger partial charge on any atom is -0.475 e. The predicted molar refractivity (Wildman–Crippen MR) is 139 cm³/mol. The van der Waals surface area contributed by atoms with Crippen molar-refractivity contribution in [2.75, 3.05) is 5.32 Å². The van der Waals surface area contributed by atoms with Crippen molar-refractivity contribution in [1.29, 1.82) is 10.7 Å². The molecule has 0 saturated carbocycles. The number of nitrogens with two attached hydrogens (primary N) is 1. The maximum Gasteiger partial charge on any atom is 0.490 e. The fourth-order valence-corrected chi connectivity index (χ4v) is 4.53. The number of thiophene rings is 1. The number of nitrogens with one attached hydrogen (secondary N) is 2. The summed E-state index contributed by atoms with van der Waals surface area (Å²) in [6, 6.07) is 24.5. The second-order valence-corrected chi connectivity index (χ2v) is 8.95. The molecule has 1 unspecified atom stereocenters. The van der Waals surface area contributed by atoms with Crippen LogP contribution in [0.25, 0.3) is 10.1 Å². The van der Waals surface area contributed by atoms with Crippen LogP contribution in [0.2, 0.25) is 0 Å². The van der Waals surface area contributed by atoms with E-state index in [9.17, 15) is 18.0 Å². The Kier molecular flexibility index (Phi) is 8.83. The van der Waals surface area contributed by atoms with Crippen LogP contribution in [-0.4, -0.2) is 29.0 Å². The van der Waals surface area contributed by atoms with Crippen LogP contribution in [0.4, 0.5) is 18.9 Å². The van der Waals surface area contributed by atoms with Crippen molar-refractivity contribution < 1.29 is 27.9 Å². The van der Waals surface area contributed by atoms with Crippen molar-refractivity contribution >= 4 is 44.8 Å². The predicted octanol–water partition coefficient (Wildman–Crippen LogP) is 5.66. The number of amidine groups is 1. The summed E-state index contributed by atoms with van der Waals surface area (Å²) in [4.78, 5) is 22.3. The molecule has 1 atom stereocenters. The highest BCUT2D eigenvalue weighted by atomic mass is 32.1. The molecule has 1 heterocycles. The van der Waals surface area contributed by atoms with Gasteiger partial charge in [-0.1, -0.05) is 30.3 Å². The Morgan fingerprint density at radius 3 is 2.26 bits per heavy atom. The summed E-state index contributed by atoms with van der Waals surface area (Å²) < 4.78 is 32.8. The lowest BCUT2D eigenvalue weighted by Gasteiger charge is -2.17. The first kappa shape index (κ1) is 27.9. The number of anilines is 1. The smallest absolute Gasteiger partial charge is 0.475 e. The lowest BCUT2D eigenvalue weighted by Crippen LogP contribution is -2.23. The number of halogens is 3. The van der Waals surface area contributed by atoms with Crippen molar-refractivity contribution in [1.82, 2.24) is 0 Å². The van der Waals surface area contributed by atoms with E-state index in [0.717, 1.165) is 21.2 Å². The summed E-state index contributed by atoms with van der Waals surface area (Å²) in [5.74, 6) is -3.30. The SMILES string of the molecule is N#Cc1ccc(NC(=O)C(Cc2ccccc2)c2csc3ccc(C(=N)N)cc23)cc1.O=C(O)C(F)(F)F. The van der Waals surface area contributed by atoms with Gasteiger partial charge in [-0.25, -0.2) is 4.79 Å². The number of hydrogen-bond donors (Lipinski definition) is 4. The fraction of sp³-hybridized carbons (Fsp3) is 0.111. The highest BCUT2D eigenvalue weighted by Gasteiger charge is 2.38. The Morgan fingerprint density at radius 2 is 1.71 bits per heavy atom. The number of fused-ring (bicyclic) bond motifs is 1. The monoisotopic (exact) mass is 538 g/mol. The lowest BCUT2D eigenvalue weighted by molar-refractivity contribution is -0.192. The van der Waals surface area contributed by atoms with Crippen molar-refractivity contribution in [3.8, 4) is 6.07 Å². The second-order valence-electron chi connectivity index (χ2n) is 8.04. The second kappa shape index (κ2) is 12.0. The Morgan fingerprint density at radius 1 is 1.08 bits per heavy atom. The van der Waals surface area contributed by atoms with Crippen LogP contribution < -0.4 is 11.1 Å². The molecule has 0 fully saturated rings. The fourth-order valence-electron chi connectivity index (χ4n) is 3.54. The van der Waals surface area contributed by atoms with Crippen LogP contribution in [-0.2, 0) is 16.0 Å². The van der Waals surface area contributed by atoms with Gasteiger partial charge >= 0.3 is 12.1 Å². The molecule has 0 spiro atoms. The average Bonchev–Trinajstić information content (AvgIpc) is 3.31. The molecule has 4 rings (SSSR count). The van der Waals surface area contributed by atoms with E-state index in [-0.39, 0.29) is 11.7 Å². The number of benzene rings is 3. The molecule has 5 N–H and O–H groups in total. The third kappa shape index (κ3) is 7.18. The van der Waals surface area contributed by atoms with Gasteiger partial charge in [0.05, 0.1) is 17.6 Å². The van der Waals surface area contributed by atoms with Gasteiger partial charge in [0.2, 0.25) is 5.91 Å². The zero-order valence-electron chi connectivity index (χ0n) is 19.6. The number of rotatable bonds is 6. The number of carbonyl (C=O) groups is 2. The number of carbonyl (C=O) groups excluding carboxylic acids is 1. The Labute approximate surface area is 219 Å². The summed E-state index contributed by atoms with van der Waals surface area (Å²) in [6.07, 6.45) is -4.54. The maximum atomic E-state index is 13.4. The molecule has 194 valence electrons. The van der Waals surface area contributed by atoms with E-state index in [0.29, 0.717) is 23.2 Å². The molecule has 11 heteroatoms. The molecular formula is C27H21F3N4O3S. The topological polar surface area (TPSA) is 140 Å². The summed E-state index contributed by atoms with van der Waals surface area (Å²) in [5, 5.41) is 29.8. The van der Waals surface area contributed by atoms with Gasteiger partial charge in [-0.15, -0.1) is 11.3 Å². The summed E-state index contributed by atoms with van der Waals surface area (Å²) in [7, 11) is 0. The molecule has 4 aromatic rings. The largest absolute Gasteiger partial charge is 0.490 e. The normalized spacial score (nSPS) is 11.5. The summed E-state index contributed by atoms with van der Waals surface area (Å²) >= 11 is 1.57. The molecule has 0 saturated heterocycles. The number of aliphatic carboxylic acids is 1. The van der Waals surface area contributed by atoms with Gasteiger partial charge < -0.3 is 16.2 Å². The summed E-state index contributed by atoms with van der Waals surface area (Å²) in [6.45, 7) is 0.